The normalized spacial score (nSPS) is 14.6. The number of hydrogen-bond donors (Lipinski definition) is 1. The number of carbonyl (C=O) groups is 2. The number of rotatable bonds is 4. The van der Waals surface area contributed by atoms with Crippen LogP contribution in [0.5, 0.6) is 0 Å². The number of thioether (sulfide) groups is 1. The van der Waals surface area contributed by atoms with Crippen LogP contribution in [0.3, 0.4) is 0 Å². The molecule has 168 valence electrons. The minimum Gasteiger partial charge on any atom is -0.444 e. The molecule has 0 atom stereocenters. The Balaban J connectivity index is 1.29. The van der Waals surface area contributed by atoms with Crippen molar-refractivity contribution in [2.45, 2.75) is 37.3 Å². The molecule has 3 aromatic rings. The number of carbonyl (C=O) groups excluding carboxylic acids is 2. The van der Waals surface area contributed by atoms with Gasteiger partial charge in [0.15, 0.2) is 5.16 Å². The minimum atomic E-state index is -0.519. The van der Waals surface area contributed by atoms with Gasteiger partial charge in [0.05, 0.1) is 11.0 Å². The van der Waals surface area contributed by atoms with Crippen molar-refractivity contribution in [2.24, 2.45) is 0 Å². The number of para-hydroxylation sites is 2. The van der Waals surface area contributed by atoms with Crippen LogP contribution in [0.2, 0.25) is 0 Å². The van der Waals surface area contributed by atoms with Crippen LogP contribution in [0, 0.1) is 0 Å². The minimum absolute atomic E-state index is 0.00896. The number of piperazine rings is 1. The van der Waals surface area contributed by atoms with E-state index in [2.05, 4.69) is 9.97 Å². The molecule has 0 unspecified atom stereocenters. The smallest absolute Gasteiger partial charge is 0.410 e. The van der Waals surface area contributed by atoms with Crippen LogP contribution < -0.4 is 0 Å². The Morgan fingerprint density at radius 3 is 2.31 bits per heavy atom. The van der Waals surface area contributed by atoms with Crippen LogP contribution in [0.4, 0.5) is 4.79 Å². The second kappa shape index (κ2) is 9.24. The summed E-state index contributed by atoms with van der Waals surface area (Å²) in [6, 6.07) is 15.7. The molecule has 1 aromatic heterocycles. The first-order valence-electron chi connectivity index (χ1n) is 10.7. The number of ether oxygens (including phenoxy) is 1. The summed E-state index contributed by atoms with van der Waals surface area (Å²) in [5, 5.41) is 0.884. The topological polar surface area (TPSA) is 78.5 Å². The maximum absolute atomic E-state index is 12.9. The first-order chi connectivity index (χ1) is 15.3. The van der Waals surface area contributed by atoms with Crippen LogP contribution in [-0.2, 0) is 10.5 Å². The predicted octanol–water partition coefficient (Wildman–Crippen LogP) is 4.55. The highest BCUT2D eigenvalue weighted by atomic mass is 32.2. The summed E-state index contributed by atoms with van der Waals surface area (Å²) in [7, 11) is 0. The number of amides is 2. The third kappa shape index (κ3) is 5.43. The van der Waals surface area contributed by atoms with Crippen molar-refractivity contribution in [3.05, 3.63) is 59.7 Å². The molecule has 1 fully saturated rings. The number of benzene rings is 2. The molecule has 0 bridgehead atoms. The Hall–Kier alpha value is -3.00. The van der Waals surface area contributed by atoms with Gasteiger partial charge in [0.25, 0.3) is 5.91 Å². The maximum atomic E-state index is 12.9. The fraction of sp³-hybridized carbons (Fsp3) is 0.375. The van der Waals surface area contributed by atoms with Crippen LogP contribution in [0.25, 0.3) is 11.0 Å². The summed E-state index contributed by atoms with van der Waals surface area (Å²) in [4.78, 5) is 36.4. The quantitative estimate of drug-likeness (QED) is 0.588. The third-order valence-electron chi connectivity index (χ3n) is 5.16. The van der Waals surface area contributed by atoms with Crippen molar-refractivity contribution in [2.75, 3.05) is 26.2 Å². The van der Waals surface area contributed by atoms with Gasteiger partial charge in [-0.2, -0.15) is 0 Å². The summed E-state index contributed by atoms with van der Waals surface area (Å²) in [5.74, 6) is 0.758. The van der Waals surface area contributed by atoms with E-state index in [1.807, 2.05) is 69.3 Å². The van der Waals surface area contributed by atoms with Crippen LogP contribution in [0.15, 0.2) is 53.7 Å². The summed E-state index contributed by atoms with van der Waals surface area (Å²) >= 11 is 1.64. The molecule has 0 saturated carbocycles. The van der Waals surface area contributed by atoms with E-state index in [0.717, 1.165) is 27.5 Å². The van der Waals surface area contributed by atoms with Gasteiger partial charge in [-0.15, -0.1) is 0 Å². The molecular formula is C24H28N4O3S. The van der Waals surface area contributed by atoms with Gasteiger partial charge in [0.1, 0.15) is 5.60 Å². The monoisotopic (exact) mass is 452 g/mol. The van der Waals surface area contributed by atoms with Gasteiger partial charge in [-0.05, 0) is 50.6 Å². The summed E-state index contributed by atoms with van der Waals surface area (Å²) in [6.45, 7) is 7.51. The zero-order chi connectivity index (χ0) is 22.7. The molecule has 1 aliphatic rings. The van der Waals surface area contributed by atoms with E-state index in [4.69, 9.17) is 4.74 Å². The number of H-pyrrole nitrogens is 1. The molecule has 1 N–H and O–H groups in total. The first kappa shape index (κ1) is 22.2. The number of nitrogens with one attached hydrogen (secondary N) is 1. The molecule has 2 aromatic carbocycles. The van der Waals surface area contributed by atoms with E-state index >= 15 is 0 Å². The lowest BCUT2D eigenvalue weighted by Gasteiger charge is -2.35. The molecule has 1 saturated heterocycles. The van der Waals surface area contributed by atoms with Crippen LogP contribution in [-0.4, -0.2) is 63.5 Å². The zero-order valence-corrected chi connectivity index (χ0v) is 19.4. The molecule has 32 heavy (non-hydrogen) atoms. The molecule has 4 rings (SSSR count). The van der Waals surface area contributed by atoms with Crippen molar-refractivity contribution >= 4 is 34.8 Å². The lowest BCUT2D eigenvalue weighted by Crippen LogP contribution is -2.51. The highest BCUT2D eigenvalue weighted by molar-refractivity contribution is 7.98. The third-order valence-corrected chi connectivity index (χ3v) is 6.11. The first-order valence-corrected chi connectivity index (χ1v) is 11.7. The molecule has 8 heteroatoms. The van der Waals surface area contributed by atoms with Gasteiger partial charge >= 0.3 is 6.09 Å². The Bertz CT molecular complexity index is 1060. The fourth-order valence-corrected chi connectivity index (χ4v) is 4.34. The highest BCUT2D eigenvalue weighted by Gasteiger charge is 2.28. The van der Waals surface area contributed by atoms with Gasteiger partial charge in [-0.25, -0.2) is 9.78 Å². The molecular weight excluding hydrogens is 424 g/mol. The molecule has 0 aliphatic carbocycles. The second-order valence-corrected chi connectivity index (χ2v) is 9.77. The number of imidazole rings is 1. The predicted molar refractivity (Wildman–Crippen MR) is 126 cm³/mol. The Morgan fingerprint density at radius 1 is 1.00 bits per heavy atom. The van der Waals surface area contributed by atoms with Crippen molar-refractivity contribution in [3.8, 4) is 0 Å². The number of aromatic amines is 1. The van der Waals surface area contributed by atoms with E-state index in [-0.39, 0.29) is 12.0 Å². The van der Waals surface area contributed by atoms with E-state index < -0.39 is 5.60 Å². The van der Waals surface area contributed by atoms with Crippen molar-refractivity contribution in [1.29, 1.82) is 0 Å². The number of hydrogen-bond acceptors (Lipinski definition) is 5. The van der Waals surface area contributed by atoms with Crippen molar-refractivity contribution in [3.63, 3.8) is 0 Å². The van der Waals surface area contributed by atoms with E-state index in [1.165, 1.54) is 0 Å². The lowest BCUT2D eigenvalue weighted by atomic mass is 10.1. The Morgan fingerprint density at radius 2 is 1.66 bits per heavy atom. The Labute approximate surface area is 192 Å². The molecule has 7 nitrogen and oxygen atoms in total. The fourth-order valence-electron chi connectivity index (χ4n) is 3.49. The van der Waals surface area contributed by atoms with Crippen molar-refractivity contribution in [1.82, 2.24) is 19.8 Å². The van der Waals surface area contributed by atoms with Gasteiger partial charge in [0.2, 0.25) is 0 Å². The molecule has 0 radical (unpaired) electrons. The van der Waals surface area contributed by atoms with Crippen molar-refractivity contribution < 1.29 is 14.3 Å². The van der Waals surface area contributed by atoms with E-state index in [9.17, 15) is 9.59 Å². The summed E-state index contributed by atoms with van der Waals surface area (Å²) in [6.07, 6.45) is -0.323. The number of aromatic nitrogens is 2. The van der Waals surface area contributed by atoms with Gasteiger partial charge in [-0.1, -0.05) is 36.0 Å². The van der Waals surface area contributed by atoms with Crippen LogP contribution in [0.1, 0.15) is 36.7 Å². The molecule has 1 aliphatic heterocycles. The second-order valence-electron chi connectivity index (χ2n) is 8.80. The van der Waals surface area contributed by atoms with Gasteiger partial charge in [0, 0.05) is 37.5 Å². The summed E-state index contributed by atoms with van der Waals surface area (Å²) < 4.78 is 5.42. The SMILES string of the molecule is CC(C)(C)OC(=O)N1CCN(C(=O)c2ccc(CSc3nc4ccccc4[nH]3)cc2)CC1. The molecule has 2 amide bonds. The molecule has 0 spiro atoms. The van der Waals surface area contributed by atoms with Gasteiger partial charge in [-0.3, -0.25) is 4.79 Å². The van der Waals surface area contributed by atoms with E-state index in [1.54, 1.807) is 21.6 Å². The standard InChI is InChI=1S/C24H28N4O3S/c1-24(2,3)31-23(30)28-14-12-27(13-15-28)21(29)18-10-8-17(9-11-18)16-32-22-25-19-6-4-5-7-20(19)26-22/h4-11H,12-16H2,1-3H3,(H,25,26). The zero-order valence-electron chi connectivity index (χ0n) is 18.6. The van der Waals surface area contributed by atoms with Crippen LogP contribution >= 0.6 is 11.8 Å². The van der Waals surface area contributed by atoms with Gasteiger partial charge < -0.3 is 19.5 Å². The largest absolute Gasteiger partial charge is 0.444 e. The van der Waals surface area contributed by atoms with E-state index in [0.29, 0.717) is 31.7 Å². The average molecular weight is 453 g/mol. The Kier molecular flexibility index (Phi) is 6.41. The number of nitrogens with zero attached hydrogens (tertiary/aromatic N) is 3. The highest BCUT2D eigenvalue weighted by Crippen LogP contribution is 2.23. The maximum Gasteiger partial charge on any atom is 0.410 e. The average Bonchev–Trinajstić information content (AvgIpc) is 3.20. The summed E-state index contributed by atoms with van der Waals surface area (Å²) in [5.41, 5.74) is 3.26. The number of fused-ring (bicyclic) bond motifs is 1. The molecule has 2 heterocycles. The lowest BCUT2D eigenvalue weighted by molar-refractivity contribution is 0.0141.